The second kappa shape index (κ2) is 13.0. The van der Waals surface area contributed by atoms with Crippen LogP contribution < -0.4 is 5.73 Å². The lowest BCUT2D eigenvalue weighted by Crippen LogP contribution is -2.21. The fourth-order valence-corrected chi connectivity index (χ4v) is 1.95. The van der Waals surface area contributed by atoms with Crippen molar-refractivity contribution in [2.24, 2.45) is 5.73 Å². The molecular formula is C14H31NO. The molecule has 1 atom stereocenters. The highest BCUT2D eigenvalue weighted by Gasteiger charge is 2.01. The van der Waals surface area contributed by atoms with Gasteiger partial charge >= 0.3 is 0 Å². The van der Waals surface area contributed by atoms with Gasteiger partial charge in [0.15, 0.2) is 0 Å². The van der Waals surface area contributed by atoms with Crippen molar-refractivity contribution in [1.82, 2.24) is 0 Å². The van der Waals surface area contributed by atoms with E-state index in [0.29, 0.717) is 6.04 Å². The molecule has 0 aliphatic carbocycles. The largest absolute Gasteiger partial charge is 0.385 e. The third kappa shape index (κ3) is 12.0. The van der Waals surface area contributed by atoms with E-state index in [1.807, 2.05) is 0 Å². The number of rotatable bonds is 12. The number of hydrogen-bond acceptors (Lipinski definition) is 2. The second-order valence-electron chi connectivity index (χ2n) is 4.81. The van der Waals surface area contributed by atoms with E-state index in [1.54, 1.807) is 7.11 Å². The first-order chi connectivity index (χ1) is 7.81. The molecule has 1 unspecified atom stereocenters. The molecule has 2 nitrogen and oxygen atoms in total. The highest BCUT2D eigenvalue weighted by atomic mass is 16.5. The van der Waals surface area contributed by atoms with Crippen LogP contribution in [0, 0.1) is 0 Å². The normalized spacial score (nSPS) is 12.9. The van der Waals surface area contributed by atoms with Gasteiger partial charge in [-0.1, -0.05) is 58.3 Å². The van der Waals surface area contributed by atoms with Gasteiger partial charge in [-0.3, -0.25) is 0 Å². The topological polar surface area (TPSA) is 35.2 Å². The monoisotopic (exact) mass is 229 g/mol. The molecule has 0 aromatic carbocycles. The lowest BCUT2D eigenvalue weighted by molar-refractivity contribution is 0.186. The SMILES string of the molecule is CCCCCCCCCCC(N)CCOC. The quantitative estimate of drug-likeness (QED) is 0.515. The number of ether oxygens (including phenoxy) is 1. The molecule has 0 radical (unpaired) electrons. The van der Waals surface area contributed by atoms with Crippen molar-refractivity contribution in [3.63, 3.8) is 0 Å². The Kier molecular flexibility index (Phi) is 12.9. The third-order valence-corrected chi connectivity index (χ3v) is 3.12. The Hall–Kier alpha value is -0.0800. The van der Waals surface area contributed by atoms with Crippen LogP contribution in [-0.2, 0) is 4.74 Å². The number of unbranched alkanes of at least 4 members (excludes halogenated alkanes) is 7. The van der Waals surface area contributed by atoms with Crippen LogP contribution >= 0.6 is 0 Å². The van der Waals surface area contributed by atoms with E-state index >= 15 is 0 Å². The van der Waals surface area contributed by atoms with Crippen molar-refractivity contribution < 1.29 is 4.74 Å². The predicted molar refractivity (Wildman–Crippen MR) is 71.7 cm³/mol. The van der Waals surface area contributed by atoms with E-state index < -0.39 is 0 Å². The fraction of sp³-hybridized carbons (Fsp3) is 1.00. The Morgan fingerprint density at radius 3 is 2.00 bits per heavy atom. The fourth-order valence-electron chi connectivity index (χ4n) is 1.95. The van der Waals surface area contributed by atoms with Crippen LogP contribution in [0.4, 0.5) is 0 Å². The van der Waals surface area contributed by atoms with Crippen LogP contribution in [0.3, 0.4) is 0 Å². The Bertz CT molecular complexity index is 128. The maximum absolute atomic E-state index is 5.96. The third-order valence-electron chi connectivity index (χ3n) is 3.12. The predicted octanol–water partition coefficient (Wildman–Crippen LogP) is 3.88. The molecule has 2 heteroatoms. The summed E-state index contributed by atoms with van der Waals surface area (Å²) < 4.78 is 5.01. The summed E-state index contributed by atoms with van der Waals surface area (Å²) in [7, 11) is 1.74. The molecule has 0 fully saturated rings. The Labute approximate surface area is 102 Å². The molecule has 98 valence electrons. The Morgan fingerprint density at radius 1 is 0.875 bits per heavy atom. The summed E-state index contributed by atoms with van der Waals surface area (Å²) in [5.74, 6) is 0. The van der Waals surface area contributed by atoms with Crippen LogP contribution in [-0.4, -0.2) is 19.8 Å². The highest BCUT2D eigenvalue weighted by molar-refractivity contribution is 4.60. The minimum atomic E-state index is 0.347. The van der Waals surface area contributed by atoms with Crippen molar-refractivity contribution in [1.29, 1.82) is 0 Å². The van der Waals surface area contributed by atoms with Crippen molar-refractivity contribution in [2.45, 2.75) is 77.2 Å². The maximum atomic E-state index is 5.96. The molecule has 0 heterocycles. The van der Waals surface area contributed by atoms with Gasteiger partial charge in [-0.05, 0) is 12.8 Å². The molecule has 0 spiro atoms. The zero-order valence-corrected chi connectivity index (χ0v) is 11.3. The molecular weight excluding hydrogens is 198 g/mol. The molecule has 2 N–H and O–H groups in total. The van der Waals surface area contributed by atoms with Gasteiger partial charge in [0, 0.05) is 19.8 Å². The summed E-state index contributed by atoms with van der Waals surface area (Å²) in [6.45, 7) is 3.07. The van der Waals surface area contributed by atoms with Crippen molar-refractivity contribution in [2.75, 3.05) is 13.7 Å². The average Bonchev–Trinajstić information content (AvgIpc) is 2.30. The summed E-state index contributed by atoms with van der Waals surface area (Å²) in [5, 5.41) is 0. The van der Waals surface area contributed by atoms with E-state index in [-0.39, 0.29) is 0 Å². The van der Waals surface area contributed by atoms with Gasteiger partial charge in [0.05, 0.1) is 0 Å². The van der Waals surface area contributed by atoms with Crippen molar-refractivity contribution in [3.05, 3.63) is 0 Å². The molecule has 0 aliphatic rings. The van der Waals surface area contributed by atoms with Crippen LogP contribution in [0.15, 0.2) is 0 Å². The number of nitrogens with two attached hydrogens (primary N) is 1. The van der Waals surface area contributed by atoms with Crippen LogP contribution in [0.2, 0.25) is 0 Å². The van der Waals surface area contributed by atoms with Crippen LogP contribution in [0.25, 0.3) is 0 Å². The zero-order chi connectivity index (χ0) is 12.1. The molecule has 0 aliphatic heterocycles. The molecule has 0 bridgehead atoms. The van der Waals surface area contributed by atoms with Gasteiger partial charge in [0.2, 0.25) is 0 Å². The minimum Gasteiger partial charge on any atom is -0.385 e. The first-order valence-corrected chi connectivity index (χ1v) is 7.05. The molecule has 0 aromatic rings. The lowest BCUT2D eigenvalue weighted by atomic mass is 10.0. The summed E-state index contributed by atoms with van der Waals surface area (Å²) in [6.07, 6.45) is 13.2. The molecule has 0 rings (SSSR count). The van der Waals surface area contributed by atoms with Gasteiger partial charge in [0.1, 0.15) is 0 Å². The molecule has 16 heavy (non-hydrogen) atoms. The van der Waals surface area contributed by atoms with Gasteiger partial charge < -0.3 is 10.5 Å². The standard InChI is InChI=1S/C14H31NO/c1-3-4-5-6-7-8-9-10-11-14(15)12-13-16-2/h14H,3-13,15H2,1-2H3. The van der Waals surface area contributed by atoms with Crippen LogP contribution in [0.1, 0.15) is 71.1 Å². The van der Waals surface area contributed by atoms with Gasteiger partial charge in [-0.2, -0.15) is 0 Å². The summed E-state index contributed by atoms with van der Waals surface area (Å²) in [6, 6.07) is 0.347. The summed E-state index contributed by atoms with van der Waals surface area (Å²) in [4.78, 5) is 0. The van der Waals surface area contributed by atoms with E-state index in [0.717, 1.165) is 13.0 Å². The second-order valence-corrected chi connectivity index (χ2v) is 4.81. The Morgan fingerprint density at radius 2 is 1.44 bits per heavy atom. The molecule has 0 amide bonds. The number of hydrogen-bond donors (Lipinski definition) is 1. The molecule has 0 aromatic heterocycles. The number of methoxy groups -OCH3 is 1. The summed E-state index contributed by atoms with van der Waals surface area (Å²) in [5.41, 5.74) is 5.96. The highest BCUT2D eigenvalue weighted by Crippen LogP contribution is 2.10. The summed E-state index contributed by atoms with van der Waals surface area (Å²) >= 11 is 0. The lowest BCUT2D eigenvalue weighted by Gasteiger charge is -2.10. The van der Waals surface area contributed by atoms with Crippen LogP contribution in [0.5, 0.6) is 0 Å². The van der Waals surface area contributed by atoms with Crippen molar-refractivity contribution in [3.8, 4) is 0 Å². The Balaban J connectivity index is 3.02. The van der Waals surface area contributed by atoms with E-state index in [2.05, 4.69) is 6.92 Å². The first kappa shape index (κ1) is 15.9. The van der Waals surface area contributed by atoms with Gasteiger partial charge in [0.25, 0.3) is 0 Å². The average molecular weight is 229 g/mol. The minimum absolute atomic E-state index is 0.347. The molecule has 0 saturated carbocycles. The van der Waals surface area contributed by atoms with E-state index in [9.17, 15) is 0 Å². The zero-order valence-electron chi connectivity index (χ0n) is 11.3. The van der Waals surface area contributed by atoms with Gasteiger partial charge in [-0.25, -0.2) is 0 Å². The first-order valence-electron chi connectivity index (χ1n) is 7.05. The molecule has 0 saturated heterocycles. The van der Waals surface area contributed by atoms with E-state index in [4.69, 9.17) is 10.5 Å². The van der Waals surface area contributed by atoms with Gasteiger partial charge in [-0.15, -0.1) is 0 Å². The smallest absolute Gasteiger partial charge is 0.0477 e. The van der Waals surface area contributed by atoms with Crippen molar-refractivity contribution >= 4 is 0 Å². The maximum Gasteiger partial charge on any atom is 0.0477 e. The van der Waals surface area contributed by atoms with E-state index in [1.165, 1.54) is 57.8 Å².